The molecule has 3 nitrogen and oxygen atoms in total. The number of rotatable bonds is 0. The van der Waals surface area contributed by atoms with Crippen LogP contribution in [0.15, 0.2) is 48.5 Å². The van der Waals surface area contributed by atoms with Crippen LogP contribution in [0.1, 0.15) is 69.6 Å². The average Bonchev–Trinajstić information content (AvgIpc) is 2.66. The molecule has 2 aromatic rings. The van der Waals surface area contributed by atoms with Crippen LogP contribution in [0.4, 0.5) is 4.79 Å². The quantitative estimate of drug-likeness (QED) is 0.371. The lowest BCUT2D eigenvalue weighted by atomic mass is 9.55. The number of hydrogen-bond acceptors (Lipinski definition) is 3. The van der Waals surface area contributed by atoms with E-state index in [2.05, 4.69) is 57.2 Å². The zero-order valence-corrected chi connectivity index (χ0v) is 17.9. The second-order valence-electron chi connectivity index (χ2n) is 9.82. The summed E-state index contributed by atoms with van der Waals surface area (Å²) < 4.78 is 10.6. The van der Waals surface area contributed by atoms with Crippen molar-refractivity contribution in [1.29, 1.82) is 0 Å². The second-order valence-corrected chi connectivity index (χ2v) is 9.82. The lowest BCUT2D eigenvalue weighted by Crippen LogP contribution is -2.41. The van der Waals surface area contributed by atoms with Crippen molar-refractivity contribution in [3.05, 3.63) is 65.2 Å². The molecule has 3 heterocycles. The summed E-state index contributed by atoms with van der Waals surface area (Å²) in [5, 5.41) is 0. The van der Waals surface area contributed by atoms with E-state index in [0.29, 0.717) is 18.3 Å². The highest BCUT2D eigenvalue weighted by Crippen LogP contribution is 2.53. The Morgan fingerprint density at radius 1 is 0.897 bits per heavy atom. The number of fused-ring (bicyclic) bond motifs is 2. The smallest absolute Gasteiger partial charge is 0.434 e. The van der Waals surface area contributed by atoms with Crippen LogP contribution in [0.5, 0.6) is 5.75 Å². The van der Waals surface area contributed by atoms with Gasteiger partial charge >= 0.3 is 6.16 Å². The molecule has 0 N–H and O–H groups in total. The van der Waals surface area contributed by atoms with E-state index in [0.717, 1.165) is 32.1 Å². The highest BCUT2D eigenvalue weighted by Gasteiger charge is 2.45. The monoisotopic (exact) mass is 392 g/mol. The van der Waals surface area contributed by atoms with Gasteiger partial charge in [0.05, 0.1) is 6.61 Å². The van der Waals surface area contributed by atoms with Gasteiger partial charge in [-0.1, -0.05) is 57.2 Å². The summed E-state index contributed by atoms with van der Waals surface area (Å²) in [6.45, 7) is 7.56. The van der Waals surface area contributed by atoms with Gasteiger partial charge in [0.1, 0.15) is 5.75 Å². The molecule has 0 saturated heterocycles. The molecule has 2 atom stereocenters. The Morgan fingerprint density at radius 3 is 2.21 bits per heavy atom. The van der Waals surface area contributed by atoms with E-state index in [9.17, 15) is 4.79 Å². The first-order valence-corrected chi connectivity index (χ1v) is 10.9. The third-order valence-electron chi connectivity index (χ3n) is 6.57. The van der Waals surface area contributed by atoms with Gasteiger partial charge in [-0.25, -0.2) is 4.79 Å². The normalized spacial score (nSPS) is 26.9. The van der Waals surface area contributed by atoms with Crippen molar-refractivity contribution in [3.63, 3.8) is 0 Å². The van der Waals surface area contributed by atoms with Gasteiger partial charge in [0.15, 0.2) is 0 Å². The third kappa shape index (κ3) is 4.34. The van der Waals surface area contributed by atoms with Gasteiger partial charge in [-0.15, -0.1) is 0 Å². The molecule has 2 aromatic carbocycles. The third-order valence-corrected chi connectivity index (χ3v) is 6.57. The number of ether oxygens (including phenoxy) is 2. The first-order valence-electron chi connectivity index (χ1n) is 10.9. The molecule has 4 aliphatic rings. The minimum atomic E-state index is -0.615. The van der Waals surface area contributed by atoms with Gasteiger partial charge < -0.3 is 9.47 Å². The summed E-state index contributed by atoms with van der Waals surface area (Å²) in [6, 6.07) is 17.4. The summed E-state index contributed by atoms with van der Waals surface area (Å²) in [4.78, 5) is 11.9. The van der Waals surface area contributed by atoms with Crippen LogP contribution >= 0.6 is 0 Å². The van der Waals surface area contributed by atoms with Crippen LogP contribution in [0.25, 0.3) is 0 Å². The first-order chi connectivity index (χ1) is 13.9. The standard InChI is InChI=1S/C26H32O3/c1-19-16-25(2,3)18-26(17-19)21-9-7-20(8-10-21)6-4-5-15-28-24(27)29-23-13-11-22(26)12-14-23/h7-14,19H,4-6,15-18H2,1-3H3. The molecule has 1 saturated carbocycles. The number of aryl methyl sites for hydroxylation is 1. The molecule has 4 bridgehead atoms. The summed E-state index contributed by atoms with van der Waals surface area (Å²) in [7, 11) is 0. The topological polar surface area (TPSA) is 35.5 Å². The Kier molecular flexibility index (Phi) is 5.42. The van der Waals surface area contributed by atoms with Gasteiger partial charge in [0, 0.05) is 5.41 Å². The van der Waals surface area contributed by atoms with E-state index in [1.54, 1.807) is 0 Å². The molecular weight excluding hydrogens is 360 g/mol. The molecule has 0 radical (unpaired) electrons. The average molecular weight is 393 g/mol. The lowest BCUT2D eigenvalue weighted by molar-refractivity contribution is 0.0975. The van der Waals surface area contributed by atoms with Crippen LogP contribution in [0.3, 0.4) is 0 Å². The number of carbonyl (C=O) groups is 1. The van der Waals surface area contributed by atoms with Crippen molar-refractivity contribution in [2.45, 2.75) is 64.7 Å². The SMILES string of the molecule is CC1CC(C)(C)CC2(C1)c1ccc(cc1)CCCCOC(=O)Oc1ccc2cc1. The van der Waals surface area contributed by atoms with E-state index < -0.39 is 6.16 Å². The van der Waals surface area contributed by atoms with Crippen molar-refractivity contribution in [1.82, 2.24) is 0 Å². The fourth-order valence-electron chi connectivity index (χ4n) is 5.72. The Morgan fingerprint density at radius 2 is 1.55 bits per heavy atom. The van der Waals surface area contributed by atoms with Crippen molar-refractivity contribution < 1.29 is 14.3 Å². The van der Waals surface area contributed by atoms with Crippen molar-refractivity contribution in [2.75, 3.05) is 6.61 Å². The zero-order chi connectivity index (χ0) is 20.5. The summed E-state index contributed by atoms with van der Waals surface area (Å²) in [5.41, 5.74) is 4.31. The number of benzene rings is 2. The molecule has 1 aliphatic carbocycles. The summed E-state index contributed by atoms with van der Waals surface area (Å²) >= 11 is 0. The number of carbonyl (C=O) groups excluding carboxylic acids is 1. The van der Waals surface area contributed by atoms with Gasteiger partial charge in [-0.05, 0) is 78.7 Å². The summed E-state index contributed by atoms with van der Waals surface area (Å²) in [5.74, 6) is 1.19. The zero-order valence-electron chi connectivity index (χ0n) is 17.9. The molecule has 1 fully saturated rings. The molecule has 3 heteroatoms. The van der Waals surface area contributed by atoms with Crippen molar-refractivity contribution in [2.24, 2.45) is 11.3 Å². The maximum Gasteiger partial charge on any atom is 0.513 e. The molecule has 29 heavy (non-hydrogen) atoms. The second kappa shape index (κ2) is 7.85. The highest BCUT2D eigenvalue weighted by atomic mass is 16.7. The van der Waals surface area contributed by atoms with Crippen molar-refractivity contribution >= 4 is 6.16 Å². The van der Waals surface area contributed by atoms with Crippen LogP contribution in [0.2, 0.25) is 0 Å². The minimum Gasteiger partial charge on any atom is -0.434 e. The number of hydrogen-bond donors (Lipinski definition) is 0. The van der Waals surface area contributed by atoms with Gasteiger partial charge in [-0.2, -0.15) is 0 Å². The van der Waals surface area contributed by atoms with Gasteiger partial charge in [0.2, 0.25) is 0 Å². The van der Waals surface area contributed by atoms with Crippen molar-refractivity contribution in [3.8, 4) is 5.75 Å². The molecule has 0 aromatic heterocycles. The van der Waals surface area contributed by atoms with Crippen LogP contribution in [-0.4, -0.2) is 12.8 Å². The highest BCUT2D eigenvalue weighted by molar-refractivity contribution is 5.63. The van der Waals surface area contributed by atoms with Crippen LogP contribution in [-0.2, 0) is 16.6 Å². The molecular formula is C26H32O3. The lowest BCUT2D eigenvalue weighted by Gasteiger charge is -2.48. The van der Waals surface area contributed by atoms with E-state index in [4.69, 9.17) is 9.47 Å². The maximum absolute atomic E-state index is 11.9. The molecule has 3 aliphatic heterocycles. The van der Waals surface area contributed by atoms with Gasteiger partial charge in [0.25, 0.3) is 0 Å². The van der Waals surface area contributed by atoms with Crippen LogP contribution in [0, 0.1) is 11.3 Å². The summed E-state index contributed by atoms with van der Waals surface area (Å²) in [6.07, 6.45) is 5.72. The Hall–Kier alpha value is -2.29. The predicted octanol–water partition coefficient (Wildman–Crippen LogP) is 6.67. The van der Waals surface area contributed by atoms with E-state index in [1.807, 2.05) is 12.1 Å². The Balaban J connectivity index is 1.80. The molecule has 154 valence electrons. The molecule has 0 amide bonds. The van der Waals surface area contributed by atoms with Crippen LogP contribution < -0.4 is 4.74 Å². The Bertz CT molecular complexity index is 851. The molecule has 6 rings (SSSR count). The molecule has 1 spiro atoms. The predicted molar refractivity (Wildman–Crippen MR) is 115 cm³/mol. The largest absolute Gasteiger partial charge is 0.513 e. The van der Waals surface area contributed by atoms with E-state index in [1.165, 1.54) is 23.1 Å². The van der Waals surface area contributed by atoms with E-state index >= 15 is 0 Å². The minimum absolute atomic E-state index is 0.0181. The maximum atomic E-state index is 11.9. The first kappa shape index (κ1) is 20.0. The molecule has 2 unspecified atom stereocenters. The van der Waals surface area contributed by atoms with Gasteiger partial charge in [-0.3, -0.25) is 0 Å². The Labute approximate surface area is 174 Å². The van der Waals surface area contributed by atoms with E-state index in [-0.39, 0.29) is 10.8 Å². The fraction of sp³-hybridized carbons (Fsp3) is 0.500. The fourth-order valence-corrected chi connectivity index (χ4v) is 5.72.